The maximum absolute atomic E-state index is 12.9. The molecule has 35 heavy (non-hydrogen) atoms. The summed E-state index contributed by atoms with van der Waals surface area (Å²) in [6, 6.07) is 2.46. The predicted octanol–water partition coefficient (Wildman–Crippen LogP) is 3.79. The molecule has 0 aromatic carbocycles. The molecule has 12 heteroatoms. The predicted molar refractivity (Wildman–Crippen MR) is 132 cm³/mol. The molecule has 0 bridgehead atoms. The van der Waals surface area contributed by atoms with Crippen LogP contribution in [0.3, 0.4) is 0 Å². The first kappa shape index (κ1) is 23.1. The molecule has 1 aliphatic heterocycles. The third kappa shape index (κ3) is 5.07. The van der Waals surface area contributed by atoms with Gasteiger partial charge in [-0.2, -0.15) is 25.4 Å². The molecule has 1 aliphatic carbocycles. The number of amides is 1. The quantitative estimate of drug-likeness (QED) is 0.333. The maximum Gasteiger partial charge on any atom is 0.264 e. The van der Waals surface area contributed by atoms with Crippen molar-refractivity contribution in [2.75, 3.05) is 23.7 Å². The molecule has 3 aromatic rings. The summed E-state index contributed by atoms with van der Waals surface area (Å²) in [4.78, 5) is 23.8. The Hall–Kier alpha value is -3.65. The maximum atomic E-state index is 12.9. The lowest BCUT2D eigenvalue weighted by Gasteiger charge is -2.33. The number of nitriles is 1. The fraction of sp³-hybridized carbons (Fsp3) is 0.478. The molecule has 0 spiro atoms. The number of halogens is 1. The van der Waals surface area contributed by atoms with Gasteiger partial charge in [0.2, 0.25) is 5.95 Å². The van der Waals surface area contributed by atoms with Crippen LogP contribution in [0.25, 0.3) is 11.0 Å². The number of aromatic nitrogens is 6. The van der Waals surface area contributed by atoms with Crippen LogP contribution in [0.15, 0.2) is 24.0 Å². The number of carbonyl (C=O) groups excluding carboxylic acids is 1. The zero-order chi connectivity index (χ0) is 24.5. The number of H-pyrrole nitrogens is 1. The number of rotatable bonds is 7. The minimum Gasteiger partial charge on any atom is -0.365 e. The highest BCUT2D eigenvalue weighted by atomic mass is 35.5. The number of piperidine rings is 1. The third-order valence-corrected chi connectivity index (χ3v) is 6.33. The summed E-state index contributed by atoms with van der Waals surface area (Å²) in [6.45, 7) is 4.96. The van der Waals surface area contributed by atoms with Crippen molar-refractivity contribution in [2.24, 2.45) is 5.92 Å². The smallest absolute Gasteiger partial charge is 0.264 e. The van der Waals surface area contributed by atoms with Gasteiger partial charge in [0, 0.05) is 25.3 Å². The van der Waals surface area contributed by atoms with Crippen LogP contribution in [-0.2, 0) is 4.79 Å². The second-order valence-corrected chi connectivity index (χ2v) is 9.73. The number of hydrogen-bond donors (Lipinski definition) is 3. The highest BCUT2D eigenvalue weighted by Crippen LogP contribution is 2.35. The Morgan fingerprint density at radius 1 is 1.34 bits per heavy atom. The zero-order valence-corrected chi connectivity index (χ0v) is 20.4. The average molecular weight is 495 g/mol. The number of likely N-dealkylation sites (tertiary alicyclic amines) is 1. The Bertz CT molecular complexity index is 1320. The van der Waals surface area contributed by atoms with E-state index in [2.05, 4.69) is 42.0 Å². The highest BCUT2D eigenvalue weighted by Gasteiger charge is 2.28. The van der Waals surface area contributed by atoms with Gasteiger partial charge >= 0.3 is 0 Å². The second-order valence-electron chi connectivity index (χ2n) is 9.37. The largest absolute Gasteiger partial charge is 0.365 e. The Morgan fingerprint density at radius 3 is 2.91 bits per heavy atom. The van der Waals surface area contributed by atoms with E-state index >= 15 is 0 Å². The molecule has 1 saturated carbocycles. The molecule has 4 heterocycles. The molecule has 5 rings (SSSR count). The number of aromatic amines is 1. The van der Waals surface area contributed by atoms with Crippen molar-refractivity contribution in [3.63, 3.8) is 0 Å². The van der Waals surface area contributed by atoms with Crippen LogP contribution < -0.4 is 10.6 Å². The van der Waals surface area contributed by atoms with Gasteiger partial charge in [0.1, 0.15) is 22.8 Å². The fourth-order valence-electron chi connectivity index (χ4n) is 4.26. The molecule has 182 valence electrons. The molecule has 11 nitrogen and oxygen atoms in total. The van der Waals surface area contributed by atoms with Gasteiger partial charge in [-0.25, -0.2) is 0 Å². The molecular formula is C23H27ClN10O. The number of allylic oxidation sites excluding steroid dienone is 1. The number of nitrogens with one attached hydrogen (secondary N) is 3. The SMILES string of the molecule is CC(C)/C=C(\C#N)C(=O)N1CCCC(Nc2nc(Nc3cnn(C4CC4)c3)nc3[nH]nc(Cl)c23)C1. The van der Waals surface area contributed by atoms with Crippen LogP contribution in [-0.4, -0.2) is 59.9 Å². The molecule has 1 amide bonds. The number of carbonyl (C=O) groups is 1. The van der Waals surface area contributed by atoms with Crippen molar-refractivity contribution in [3.8, 4) is 6.07 Å². The van der Waals surface area contributed by atoms with E-state index in [9.17, 15) is 10.1 Å². The Kier molecular flexibility index (Phi) is 6.30. The number of anilines is 3. The van der Waals surface area contributed by atoms with Crippen molar-refractivity contribution in [2.45, 2.75) is 51.6 Å². The summed E-state index contributed by atoms with van der Waals surface area (Å²) >= 11 is 6.34. The lowest BCUT2D eigenvalue weighted by Crippen LogP contribution is -2.45. The van der Waals surface area contributed by atoms with Gasteiger partial charge < -0.3 is 15.5 Å². The summed E-state index contributed by atoms with van der Waals surface area (Å²) in [5, 5.41) is 28.3. The van der Waals surface area contributed by atoms with Crippen molar-refractivity contribution in [1.29, 1.82) is 5.26 Å². The van der Waals surface area contributed by atoms with Crippen LogP contribution in [0.1, 0.15) is 45.6 Å². The first-order chi connectivity index (χ1) is 16.9. The van der Waals surface area contributed by atoms with Gasteiger partial charge in [-0.15, -0.1) is 0 Å². The summed E-state index contributed by atoms with van der Waals surface area (Å²) < 4.78 is 1.95. The van der Waals surface area contributed by atoms with E-state index in [0.717, 1.165) is 31.4 Å². The van der Waals surface area contributed by atoms with Crippen molar-refractivity contribution >= 4 is 46.0 Å². The van der Waals surface area contributed by atoms with Gasteiger partial charge in [0.05, 0.1) is 17.9 Å². The van der Waals surface area contributed by atoms with Crippen molar-refractivity contribution < 1.29 is 4.79 Å². The second kappa shape index (κ2) is 9.54. The Balaban J connectivity index is 1.36. The van der Waals surface area contributed by atoms with E-state index < -0.39 is 0 Å². The van der Waals surface area contributed by atoms with Crippen LogP contribution in [0.4, 0.5) is 17.5 Å². The molecule has 1 atom stereocenters. The van der Waals surface area contributed by atoms with E-state index in [1.54, 1.807) is 17.2 Å². The molecule has 1 saturated heterocycles. The summed E-state index contributed by atoms with van der Waals surface area (Å²) in [7, 11) is 0. The van der Waals surface area contributed by atoms with Gasteiger partial charge in [0.15, 0.2) is 10.8 Å². The Morgan fingerprint density at radius 2 is 2.17 bits per heavy atom. The standard InChI is InChI=1S/C23H27ClN10O/c1-13(2)8-14(9-25)22(35)33-7-3-4-15(11-33)27-20-18-19(24)31-32-21(18)30-23(29-20)28-16-10-26-34(12-16)17-5-6-17/h8,10,12-13,15,17H,3-7,11H2,1-2H3,(H3,27,28,29,30,31,32)/b14-8+. The van der Waals surface area contributed by atoms with Gasteiger partial charge in [-0.05, 0) is 31.6 Å². The summed E-state index contributed by atoms with van der Waals surface area (Å²) in [5.41, 5.74) is 1.48. The van der Waals surface area contributed by atoms with Gasteiger partial charge in [-0.3, -0.25) is 14.6 Å². The van der Waals surface area contributed by atoms with E-state index in [1.807, 2.05) is 24.7 Å². The van der Waals surface area contributed by atoms with Crippen molar-refractivity contribution in [1.82, 2.24) is 34.8 Å². The first-order valence-corrected chi connectivity index (χ1v) is 12.2. The normalized spacial score (nSPS) is 18.7. The molecule has 2 fully saturated rings. The molecule has 3 aromatic heterocycles. The molecule has 0 radical (unpaired) electrons. The van der Waals surface area contributed by atoms with E-state index in [0.29, 0.717) is 41.9 Å². The van der Waals surface area contributed by atoms with Crippen LogP contribution in [0.5, 0.6) is 0 Å². The lowest BCUT2D eigenvalue weighted by molar-refractivity contribution is -0.127. The molecule has 2 aliphatic rings. The molecular weight excluding hydrogens is 468 g/mol. The van der Waals surface area contributed by atoms with Gasteiger partial charge in [-0.1, -0.05) is 31.5 Å². The number of hydrogen-bond acceptors (Lipinski definition) is 8. The van der Waals surface area contributed by atoms with E-state index in [1.165, 1.54) is 0 Å². The highest BCUT2D eigenvalue weighted by molar-refractivity contribution is 6.35. The topological polar surface area (TPSA) is 140 Å². The Labute approximate surface area is 207 Å². The van der Waals surface area contributed by atoms with E-state index in [-0.39, 0.29) is 28.6 Å². The van der Waals surface area contributed by atoms with Crippen LogP contribution >= 0.6 is 11.6 Å². The molecule has 3 N–H and O–H groups in total. The van der Waals surface area contributed by atoms with Crippen molar-refractivity contribution in [3.05, 3.63) is 29.2 Å². The van der Waals surface area contributed by atoms with Gasteiger partial charge in [0.25, 0.3) is 5.91 Å². The lowest BCUT2D eigenvalue weighted by atomic mass is 10.0. The van der Waals surface area contributed by atoms with Crippen LogP contribution in [0.2, 0.25) is 5.15 Å². The third-order valence-electron chi connectivity index (χ3n) is 6.05. The number of fused-ring (bicyclic) bond motifs is 1. The van der Waals surface area contributed by atoms with E-state index in [4.69, 9.17) is 11.6 Å². The monoisotopic (exact) mass is 494 g/mol. The first-order valence-electron chi connectivity index (χ1n) is 11.8. The number of nitrogens with zero attached hydrogens (tertiary/aromatic N) is 7. The minimum atomic E-state index is -0.239. The van der Waals surface area contributed by atoms with Crippen LogP contribution in [0, 0.1) is 17.2 Å². The molecule has 1 unspecified atom stereocenters. The minimum absolute atomic E-state index is 0.0683. The zero-order valence-electron chi connectivity index (χ0n) is 19.6. The summed E-state index contributed by atoms with van der Waals surface area (Å²) in [5.74, 6) is 0.790. The fourth-order valence-corrected chi connectivity index (χ4v) is 4.48. The average Bonchev–Trinajstić information content (AvgIpc) is 3.48. The summed E-state index contributed by atoms with van der Waals surface area (Å²) in [6.07, 6.45) is 9.35.